The second kappa shape index (κ2) is 13.3. The third-order valence-corrected chi connectivity index (χ3v) is 6.01. The predicted octanol–water partition coefficient (Wildman–Crippen LogP) is 6.87. The zero-order chi connectivity index (χ0) is 23.4. The lowest BCUT2D eigenvalue weighted by molar-refractivity contribution is -0.145. The molecule has 1 heterocycles. The molecular formula is C27H40O5. The number of carbonyl (C=O) groups excluding carboxylic acids is 1. The summed E-state index contributed by atoms with van der Waals surface area (Å²) < 4.78 is 5.70. The Kier molecular flexibility index (Phi) is 10.8. The van der Waals surface area contributed by atoms with Gasteiger partial charge in [0.15, 0.2) is 5.78 Å². The molecule has 2 rings (SSSR count). The van der Waals surface area contributed by atoms with E-state index in [2.05, 4.69) is 31.2 Å². The minimum atomic E-state index is -1.58. The molecule has 1 aliphatic rings. The molecule has 0 radical (unpaired) electrons. The van der Waals surface area contributed by atoms with E-state index in [9.17, 15) is 20.1 Å². The second-order valence-corrected chi connectivity index (χ2v) is 8.87. The van der Waals surface area contributed by atoms with E-state index in [0.717, 1.165) is 51.0 Å². The Morgan fingerprint density at radius 3 is 2.25 bits per heavy atom. The molecule has 1 atom stereocenters. The molecule has 1 aromatic rings. The Labute approximate surface area is 192 Å². The van der Waals surface area contributed by atoms with E-state index >= 15 is 0 Å². The summed E-state index contributed by atoms with van der Waals surface area (Å²) in [4.78, 5) is 12.5. The first-order valence-corrected chi connectivity index (χ1v) is 12.2. The summed E-state index contributed by atoms with van der Waals surface area (Å²) in [5.74, 6) is -2.33. The lowest BCUT2D eigenvalue weighted by Crippen LogP contribution is -2.42. The summed E-state index contributed by atoms with van der Waals surface area (Å²) in [6.07, 6.45) is 21.4. The van der Waals surface area contributed by atoms with E-state index in [-0.39, 0.29) is 35.0 Å². The zero-order valence-electron chi connectivity index (χ0n) is 19.7. The van der Waals surface area contributed by atoms with Gasteiger partial charge in [-0.25, -0.2) is 0 Å². The first-order valence-electron chi connectivity index (χ1n) is 12.2. The van der Waals surface area contributed by atoms with Gasteiger partial charge < -0.3 is 20.1 Å². The average molecular weight is 445 g/mol. The van der Waals surface area contributed by atoms with Crippen molar-refractivity contribution in [1.82, 2.24) is 0 Å². The SMILES string of the molecule is CCCCC/C=C\C/C=C\CCCCCCCC1(O)CC(=O)c2c(O)cc(O)c(C)c2O1. The summed E-state index contributed by atoms with van der Waals surface area (Å²) in [6, 6.07) is 1.14. The Balaban J connectivity index is 1.62. The smallest absolute Gasteiger partial charge is 0.215 e. The quantitative estimate of drug-likeness (QED) is 0.215. The van der Waals surface area contributed by atoms with Crippen molar-refractivity contribution in [2.24, 2.45) is 0 Å². The molecule has 1 unspecified atom stereocenters. The molecule has 0 spiro atoms. The number of phenolic OH excluding ortho intramolecular Hbond substituents is 2. The number of Topliss-reactive ketones (excluding diaryl/α,β-unsaturated/α-hetero) is 1. The van der Waals surface area contributed by atoms with Gasteiger partial charge in [0.2, 0.25) is 5.79 Å². The first-order chi connectivity index (χ1) is 15.4. The molecule has 0 amide bonds. The normalized spacial score (nSPS) is 18.4. The van der Waals surface area contributed by atoms with Gasteiger partial charge in [-0.2, -0.15) is 0 Å². The van der Waals surface area contributed by atoms with Crippen molar-refractivity contribution in [2.45, 2.75) is 103 Å². The van der Waals surface area contributed by atoms with Crippen LogP contribution in [0.25, 0.3) is 0 Å². The van der Waals surface area contributed by atoms with Gasteiger partial charge in [-0.1, -0.05) is 63.3 Å². The van der Waals surface area contributed by atoms with Gasteiger partial charge in [0.1, 0.15) is 22.8 Å². The molecular weight excluding hydrogens is 404 g/mol. The van der Waals surface area contributed by atoms with Crippen LogP contribution in [0.1, 0.15) is 106 Å². The number of rotatable bonds is 14. The highest BCUT2D eigenvalue weighted by atomic mass is 16.6. The van der Waals surface area contributed by atoms with Crippen LogP contribution in [0, 0.1) is 6.92 Å². The second-order valence-electron chi connectivity index (χ2n) is 8.87. The molecule has 0 aromatic heterocycles. The van der Waals surface area contributed by atoms with Crippen LogP contribution in [0.2, 0.25) is 0 Å². The average Bonchev–Trinajstić information content (AvgIpc) is 2.74. The van der Waals surface area contributed by atoms with E-state index in [0.29, 0.717) is 12.0 Å². The number of fused-ring (bicyclic) bond motifs is 1. The Hall–Kier alpha value is -2.27. The highest BCUT2D eigenvalue weighted by molar-refractivity contribution is 6.03. The number of ether oxygens (including phenoxy) is 1. The van der Waals surface area contributed by atoms with Crippen LogP contribution in [0.15, 0.2) is 30.4 Å². The number of ketones is 1. The molecule has 0 aliphatic carbocycles. The number of carbonyl (C=O) groups is 1. The Morgan fingerprint density at radius 2 is 1.56 bits per heavy atom. The highest BCUT2D eigenvalue weighted by Crippen LogP contribution is 2.44. The lowest BCUT2D eigenvalue weighted by Gasteiger charge is -2.34. The van der Waals surface area contributed by atoms with Gasteiger partial charge in [-0.05, 0) is 45.4 Å². The van der Waals surface area contributed by atoms with Crippen LogP contribution < -0.4 is 4.74 Å². The number of hydrogen-bond donors (Lipinski definition) is 3. The van der Waals surface area contributed by atoms with E-state index < -0.39 is 5.79 Å². The minimum Gasteiger partial charge on any atom is -0.507 e. The molecule has 1 aromatic carbocycles. The van der Waals surface area contributed by atoms with Crippen LogP contribution in [0.3, 0.4) is 0 Å². The maximum atomic E-state index is 12.5. The van der Waals surface area contributed by atoms with E-state index in [1.807, 2.05) is 0 Å². The highest BCUT2D eigenvalue weighted by Gasteiger charge is 2.41. The van der Waals surface area contributed by atoms with Gasteiger partial charge in [-0.3, -0.25) is 4.79 Å². The molecule has 0 fully saturated rings. The molecule has 5 nitrogen and oxygen atoms in total. The minimum absolute atomic E-state index is 0.0463. The van der Waals surface area contributed by atoms with Crippen LogP contribution >= 0.6 is 0 Å². The van der Waals surface area contributed by atoms with Crippen molar-refractivity contribution in [1.29, 1.82) is 0 Å². The van der Waals surface area contributed by atoms with Gasteiger partial charge >= 0.3 is 0 Å². The van der Waals surface area contributed by atoms with Gasteiger partial charge in [-0.15, -0.1) is 0 Å². The number of allylic oxidation sites excluding steroid dienone is 4. The Bertz CT molecular complexity index is 796. The van der Waals surface area contributed by atoms with Crippen molar-refractivity contribution in [3.63, 3.8) is 0 Å². The number of hydrogen-bond acceptors (Lipinski definition) is 5. The van der Waals surface area contributed by atoms with Crippen LogP contribution in [-0.2, 0) is 0 Å². The molecule has 3 N–H and O–H groups in total. The number of aromatic hydroxyl groups is 2. The first kappa shape index (κ1) is 26.0. The molecule has 0 saturated carbocycles. The van der Waals surface area contributed by atoms with Gasteiger partial charge in [0.25, 0.3) is 0 Å². The van der Waals surface area contributed by atoms with Crippen molar-refractivity contribution in [3.05, 3.63) is 41.5 Å². The number of aliphatic hydroxyl groups is 1. The summed E-state index contributed by atoms with van der Waals surface area (Å²) in [7, 11) is 0. The van der Waals surface area contributed by atoms with E-state index in [1.165, 1.54) is 25.7 Å². The van der Waals surface area contributed by atoms with Crippen LogP contribution in [0.4, 0.5) is 0 Å². The molecule has 178 valence electrons. The van der Waals surface area contributed by atoms with Crippen LogP contribution in [0.5, 0.6) is 17.2 Å². The lowest BCUT2D eigenvalue weighted by atomic mass is 9.92. The number of unbranched alkanes of at least 4 members (excludes halogenated alkanes) is 8. The monoisotopic (exact) mass is 444 g/mol. The Morgan fingerprint density at radius 1 is 0.938 bits per heavy atom. The number of benzene rings is 1. The van der Waals surface area contributed by atoms with E-state index in [1.54, 1.807) is 6.92 Å². The van der Waals surface area contributed by atoms with Crippen LogP contribution in [-0.4, -0.2) is 26.9 Å². The largest absolute Gasteiger partial charge is 0.507 e. The summed E-state index contributed by atoms with van der Waals surface area (Å²) in [6.45, 7) is 3.83. The maximum Gasteiger partial charge on any atom is 0.215 e. The summed E-state index contributed by atoms with van der Waals surface area (Å²) in [5.41, 5.74) is 0.398. The molecule has 32 heavy (non-hydrogen) atoms. The fourth-order valence-electron chi connectivity index (χ4n) is 4.04. The van der Waals surface area contributed by atoms with Crippen molar-refractivity contribution < 1.29 is 24.9 Å². The van der Waals surface area contributed by atoms with Crippen molar-refractivity contribution in [2.75, 3.05) is 0 Å². The van der Waals surface area contributed by atoms with Gasteiger partial charge in [0.05, 0.1) is 6.42 Å². The zero-order valence-corrected chi connectivity index (χ0v) is 19.7. The third-order valence-electron chi connectivity index (χ3n) is 6.01. The fourth-order valence-corrected chi connectivity index (χ4v) is 4.04. The molecule has 0 saturated heterocycles. The topological polar surface area (TPSA) is 87.0 Å². The van der Waals surface area contributed by atoms with Crippen molar-refractivity contribution >= 4 is 5.78 Å². The summed E-state index contributed by atoms with van der Waals surface area (Å²) in [5, 5.41) is 30.6. The van der Waals surface area contributed by atoms with Gasteiger partial charge in [0, 0.05) is 18.1 Å². The van der Waals surface area contributed by atoms with E-state index in [4.69, 9.17) is 4.74 Å². The summed E-state index contributed by atoms with van der Waals surface area (Å²) >= 11 is 0. The number of phenols is 2. The molecule has 0 bridgehead atoms. The molecule has 5 heteroatoms. The fraction of sp³-hybridized carbons (Fsp3) is 0.593. The molecule has 1 aliphatic heterocycles. The van der Waals surface area contributed by atoms with Crippen molar-refractivity contribution in [3.8, 4) is 17.2 Å². The standard InChI is InChI=1S/C27H40O5/c1-3-4-5-6-7-8-9-10-11-12-13-14-15-16-17-18-27(31)20-24(30)25-23(29)19-22(28)21(2)26(25)32-27/h7-8,10-11,19,28-29,31H,3-6,9,12-18,20H2,1-2H3/b8-7-,11-10-. The predicted molar refractivity (Wildman–Crippen MR) is 128 cm³/mol. The maximum absolute atomic E-state index is 12.5. The third kappa shape index (κ3) is 8.01.